The number of hydrogen-bond donors (Lipinski definition) is 3. The standard InChI is InChI=1S/C23H19N3O5/c27-21(14-31-23(29)18-13-24-19-9-3-1-7-16(18)19)26-20-10-4-2-8-17(20)22(28)25-12-15-6-5-11-30-15/h1-11,13,24H,12,14H2,(H,25,28)(H,26,27). The molecule has 4 aromatic rings. The highest BCUT2D eigenvalue weighted by atomic mass is 16.5. The Morgan fingerprint density at radius 2 is 1.74 bits per heavy atom. The highest BCUT2D eigenvalue weighted by molar-refractivity contribution is 6.06. The molecule has 2 aromatic heterocycles. The number of esters is 1. The number of amides is 2. The summed E-state index contributed by atoms with van der Waals surface area (Å²) in [5.74, 6) is -0.932. The quantitative estimate of drug-likeness (QED) is 0.399. The zero-order valence-electron chi connectivity index (χ0n) is 16.4. The minimum Gasteiger partial charge on any atom is -0.467 e. The Morgan fingerprint density at radius 3 is 2.58 bits per heavy atom. The predicted molar refractivity (Wildman–Crippen MR) is 114 cm³/mol. The minimum absolute atomic E-state index is 0.219. The molecule has 0 unspecified atom stereocenters. The van der Waals surface area contributed by atoms with Crippen molar-refractivity contribution >= 4 is 34.4 Å². The van der Waals surface area contributed by atoms with E-state index in [4.69, 9.17) is 9.15 Å². The maximum absolute atomic E-state index is 12.5. The average Bonchev–Trinajstić information content (AvgIpc) is 3.46. The molecule has 2 heterocycles. The first kappa shape index (κ1) is 20.0. The van der Waals surface area contributed by atoms with Crippen LogP contribution in [-0.4, -0.2) is 29.4 Å². The number of furan rings is 1. The van der Waals surface area contributed by atoms with E-state index < -0.39 is 18.5 Å². The predicted octanol–water partition coefficient (Wildman–Crippen LogP) is 3.49. The Hall–Kier alpha value is -4.33. The molecule has 0 spiro atoms. The Kier molecular flexibility index (Phi) is 5.79. The first-order chi connectivity index (χ1) is 15.1. The smallest absolute Gasteiger partial charge is 0.340 e. The van der Waals surface area contributed by atoms with Gasteiger partial charge in [-0.05, 0) is 30.3 Å². The number of para-hydroxylation sites is 2. The summed E-state index contributed by atoms with van der Waals surface area (Å²) < 4.78 is 10.3. The molecule has 31 heavy (non-hydrogen) atoms. The monoisotopic (exact) mass is 417 g/mol. The third kappa shape index (κ3) is 4.64. The fourth-order valence-corrected chi connectivity index (χ4v) is 3.10. The molecule has 156 valence electrons. The van der Waals surface area contributed by atoms with Gasteiger partial charge in [0.2, 0.25) is 0 Å². The second kappa shape index (κ2) is 9.00. The van der Waals surface area contributed by atoms with E-state index in [2.05, 4.69) is 15.6 Å². The van der Waals surface area contributed by atoms with Gasteiger partial charge in [-0.1, -0.05) is 30.3 Å². The molecule has 0 fully saturated rings. The third-order valence-corrected chi connectivity index (χ3v) is 4.59. The number of rotatable bonds is 7. The lowest BCUT2D eigenvalue weighted by atomic mass is 10.1. The molecule has 4 rings (SSSR count). The lowest BCUT2D eigenvalue weighted by Gasteiger charge is -2.11. The number of aromatic nitrogens is 1. The molecule has 8 heteroatoms. The first-order valence-electron chi connectivity index (χ1n) is 9.54. The van der Waals surface area contributed by atoms with E-state index in [0.29, 0.717) is 22.4 Å². The van der Waals surface area contributed by atoms with Gasteiger partial charge in [0.15, 0.2) is 6.61 Å². The summed E-state index contributed by atoms with van der Waals surface area (Å²) >= 11 is 0. The lowest BCUT2D eigenvalue weighted by molar-refractivity contribution is -0.119. The van der Waals surface area contributed by atoms with Crippen LogP contribution in [0.4, 0.5) is 5.69 Å². The number of ether oxygens (including phenoxy) is 1. The van der Waals surface area contributed by atoms with Crippen molar-refractivity contribution in [1.29, 1.82) is 0 Å². The molecular weight excluding hydrogens is 398 g/mol. The van der Waals surface area contributed by atoms with Gasteiger partial charge in [-0.3, -0.25) is 9.59 Å². The van der Waals surface area contributed by atoms with Gasteiger partial charge >= 0.3 is 5.97 Å². The van der Waals surface area contributed by atoms with Crippen LogP contribution < -0.4 is 10.6 Å². The van der Waals surface area contributed by atoms with Crippen LogP contribution in [0, 0.1) is 0 Å². The maximum Gasteiger partial charge on any atom is 0.340 e. The summed E-state index contributed by atoms with van der Waals surface area (Å²) in [5.41, 5.74) is 1.74. The second-order valence-electron chi connectivity index (χ2n) is 6.68. The molecule has 0 aliphatic carbocycles. The molecular formula is C23H19N3O5. The fourth-order valence-electron chi connectivity index (χ4n) is 3.10. The van der Waals surface area contributed by atoms with Crippen molar-refractivity contribution in [3.8, 4) is 0 Å². The van der Waals surface area contributed by atoms with E-state index in [1.54, 1.807) is 48.7 Å². The Morgan fingerprint density at radius 1 is 0.935 bits per heavy atom. The van der Waals surface area contributed by atoms with Gasteiger partial charge in [-0.2, -0.15) is 0 Å². The number of aromatic amines is 1. The topological polar surface area (TPSA) is 113 Å². The van der Waals surface area contributed by atoms with Crippen LogP contribution in [0.5, 0.6) is 0 Å². The van der Waals surface area contributed by atoms with Crippen LogP contribution in [0.2, 0.25) is 0 Å². The summed E-state index contributed by atoms with van der Waals surface area (Å²) in [5, 5.41) is 6.06. The summed E-state index contributed by atoms with van der Waals surface area (Å²) in [6.45, 7) is -0.267. The van der Waals surface area contributed by atoms with Crippen molar-refractivity contribution in [3.05, 3.63) is 90.0 Å². The van der Waals surface area contributed by atoms with E-state index in [0.717, 1.165) is 5.52 Å². The van der Waals surface area contributed by atoms with Gasteiger partial charge in [0.1, 0.15) is 5.76 Å². The molecule has 0 atom stereocenters. The molecule has 0 aliphatic heterocycles. The van der Waals surface area contributed by atoms with E-state index in [1.165, 1.54) is 6.26 Å². The van der Waals surface area contributed by atoms with Gasteiger partial charge < -0.3 is 24.8 Å². The SMILES string of the molecule is O=C(COC(=O)c1c[nH]c2ccccc12)Nc1ccccc1C(=O)NCc1ccco1. The van der Waals surface area contributed by atoms with Crippen LogP contribution in [0.15, 0.2) is 77.5 Å². The molecule has 2 aromatic carbocycles. The van der Waals surface area contributed by atoms with Crippen molar-refractivity contribution in [1.82, 2.24) is 10.3 Å². The number of fused-ring (bicyclic) bond motifs is 1. The fraction of sp³-hybridized carbons (Fsp3) is 0.0870. The second-order valence-corrected chi connectivity index (χ2v) is 6.68. The zero-order chi connectivity index (χ0) is 21.6. The van der Waals surface area contributed by atoms with E-state index in [1.807, 2.05) is 18.2 Å². The molecule has 0 aliphatic rings. The Bertz CT molecular complexity index is 1230. The summed E-state index contributed by atoms with van der Waals surface area (Å²) in [7, 11) is 0. The minimum atomic E-state index is -0.614. The molecule has 3 N–H and O–H groups in total. The zero-order valence-corrected chi connectivity index (χ0v) is 16.4. The van der Waals surface area contributed by atoms with Crippen molar-refractivity contribution in [2.45, 2.75) is 6.54 Å². The normalized spacial score (nSPS) is 10.6. The number of benzene rings is 2. The highest BCUT2D eigenvalue weighted by Crippen LogP contribution is 2.19. The van der Waals surface area contributed by atoms with Crippen LogP contribution in [0.1, 0.15) is 26.5 Å². The molecule has 2 amide bonds. The van der Waals surface area contributed by atoms with Gasteiger partial charge in [0.05, 0.1) is 29.6 Å². The van der Waals surface area contributed by atoms with Gasteiger partial charge in [0, 0.05) is 17.1 Å². The average molecular weight is 417 g/mol. The molecule has 0 radical (unpaired) electrons. The Balaban J connectivity index is 1.36. The van der Waals surface area contributed by atoms with Crippen molar-refractivity contribution in [2.24, 2.45) is 0 Å². The first-order valence-corrected chi connectivity index (χ1v) is 9.54. The molecule has 0 saturated carbocycles. The van der Waals surface area contributed by atoms with Crippen LogP contribution in [0.25, 0.3) is 10.9 Å². The number of nitrogens with one attached hydrogen (secondary N) is 3. The lowest BCUT2D eigenvalue weighted by Crippen LogP contribution is -2.26. The summed E-state index contributed by atoms with van der Waals surface area (Å²) in [6.07, 6.45) is 3.07. The largest absolute Gasteiger partial charge is 0.467 e. The molecule has 8 nitrogen and oxygen atoms in total. The Labute approximate surface area is 177 Å². The molecule has 0 bridgehead atoms. The van der Waals surface area contributed by atoms with Crippen molar-refractivity contribution in [2.75, 3.05) is 11.9 Å². The number of carbonyl (C=O) groups excluding carboxylic acids is 3. The van der Waals surface area contributed by atoms with Gasteiger partial charge in [-0.15, -0.1) is 0 Å². The van der Waals surface area contributed by atoms with Gasteiger partial charge in [0.25, 0.3) is 11.8 Å². The van der Waals surface area contributed by atoms with Crippen LogP contribution >= 0.6 is 0 Å². The number of hydrogen-bond acceptors (Lipinski definition) is 5. The maximum atomic E-state index is 12.5. The third-order valence-electron chi connectivity index (χ3n) is 4.59. The van der Waals surface area contributed by atoms with E-state index >= 15 is 0 Å². The highest BCUT2D eigenvalue weighted by Gasteiger charge is 2.17. The summed E-state index contributed by atoms with van der Waals surface area (Å²) in [6, 6.07) is 17.3. The van der Waals surface area contributed by atoms with E-state index in [9.17, 15) is 14.4 Å². The van der Waals surface area contributed by atoms with Crippen molar-refractivity contribution < 1.29 is 23.5 Å². The van der Waals surface area contributed by atoms with Crippen LogP contribution in [0.3, 0.4) is 0 Å². The number of H-pyrrole nitrogens is 1. The summed E-state index contributed by atoms with van der Waals surface area (Å²) in [4.78, 5) is 40.2. The number of anilines is 1. The van der Waals surface area contributed by atoms with Gasteiger partial charge in [-0.25, -0.2) is 4.79 Å². The van der Waals surface area contributed by atoms with Crippen LogP contribution in [-0.2, 0) is 16.1 Å². The number of carbonyl (C=O) groups is 3. The van der Waals surface area contributed by atoms with Crippen molar-refractivity contribution in [3.63, 3.8) is 0 Å². The molecule has 0 saturated heterocycles. The van der Waals surface area contributed by atoms with E-state index in [-0.39, 0.29) is 18.0 Å².